The normalized spacial score (nSPS) is 14.4. The molecule has 0 bridgehead atoms. The van der Waals surface area contributed by atoms with Crippen molar-refractivity contribution in [3.8, 4) is 0 Å². The average Bonchev–Trinajstić information content (AvgIpc) is 2.89. The summed E-state index contributed by atoms with van der Waals surface area (Å²) in [6.07, 6.45) is 0. The number of sulfonamides is 1. The predicted molar refractivity (Wildman–Crippen MR) is 146 cm³/mol. The van der Waals surface area contributed by atoms with Crippen LogP contribution in [0, 0.1) is 20.8 Å². The minimum absolute atomic E-state index is 0.155. The fourth-order valence-corrected chi connectivity index (χ4v) is 5.79. The zero-order chi connectivity index (χ0) is 26.4. The second kappa shape index (κ2) is 11.9. The number of nitrogens with zero attached hydrogens (tertiary/aromatic N) is 2. The highest BCUT2D eigenvalue weighted by molar-refractivity contribution is 7.92. The number of aryl methyl sites for hydroxylation is 2. The van der Waals surface area contributed by atoms with Crippen LogP contribution >= 0.6 is 0 Å². The molecule has 37 heavy (non-hydrogen) atoms. The van der Waals surface area contributed by atoms with Gasteiger partial charge in [-0.25, -0.2) is 8.42 Å². The number of hydrogen-bond donors (Lipinski definition) is 1. The summed E-state index contributed by atoms with van der Waals surface area (Å²) in [7, 11) is -3.95. The van der Waals surface area contributed by atoms with Crippen LogP contribution in [0.1, 0.15) is 27.8 Å². The second-order valence-electron chi connectivity index (χ2n) is 9.53. The van der Waals surface area contributed by atoms with Crippen LogP contribution in [0.3, 0.4) is 0 Å². The van der Waals surface area contributed by atoms with Gasteiger partial charge in [-0.1, -0.05) is 54.1 Å². The molecule has 1 amide bonds. The summed E-state index contributed by atoms with van der Waals surface area (Å²) in [6, 6.07) is 20.3. The molecule has 0 aliphatic carbocycles. The molecule has 196 valence electrons. The van der Waals surface area contributed by atoms with Gasteiger partial charge in [0.2, 0.25) is 5.91 Å². The fourth-order valence-electron chi connectivity index (χ4n) is 4.31. The first-order valence-electron chi connectivity index (χ1n) is 12.5. The first kappa shape index (κ1) is 26.9. The van der Waals surface area contributed by atoms with Crippen LogP contribution in [0.4, 0.5) is 5.69 Å². The minimum atomic E-state index is -3.95. The third kappa shape index (κ3) is 6.77. The Bertz CT molecular complexity index is 1320. The highest BCUT2D eigenvalue weighted by atomic mass is 32.2. The van der Waals surface area contributed by atoms with E-state index in [0.717, 1.165) is 55.1 Å². The number of hydrogen-bond acceptors (Lipinski definition) is 5. The van der Waals surface area contributed by atoms with Gasteiger partial charge in [-0.15, -0.1) is 0 Å². The zero-order valence-electron chi connectivity index (χ0n) is 21.7. The van der Waals surface area contributed by atoms with Crippen molar-refractivity contribution in [2.45, 2.75) is 38.8 Å². The van der Waals surface area contributed by atoms with E-state index < -0.39 is 10.0 Å². The lowest BCUT2D eigenvalue weighted by Gasteiger charge is -2.26. The van der Waals surface area contributed by atoms with Crippen molar-refractivity contribution in [2.75, 3.05) is 37.2 Å². The molecule has 8 heteroatoms. The van der Waals surface area contributed by atoms with Crippen LogP contribution in [-0.4, -0.2) is 52.1 Å². The smallest absolute Gasteiger partial charge is 0.264 e. The maximum atomic E-state index is 13.7. The van der Waals surface area contributed by atoms with Crippen LogP contribution < -0.4 is 9.62 Å². The van der Waals surface area contributed by atoms with Gasteiger partial charge in [-0.05, 0) is 61.2 Å². The summed E-state index contributed by atoms with van der Waals surface area (Å²) >= 11 is 0. The Morgan fingerprint density at radius 1 is 0.919 bits per heavy atom. The summed E-state index contributed by atoms with van der Waals surface area (Å²) < 4.78 is 33.9. The molecular weight excluding hydrogens is 486 g/mol. The van der Waals surface area contributed by atoms with E-state index in [1.807, 2.05) is 45.0 Å². The highest BCUT2D eigenvalue weighted by Crippen LogP contribution is 2.28. The van der Waals surface area contributed by atoms with Crippen LogP contribution in [0.25, 0.3) is 0 Å². The van der Waals surface area contributed by atoms with Crippen LogP contribution in [0.5, 0.6) is 0 Å². The third-order valence-electron chi connectivity index (χ3n) is 6.76. The number of carbonyl (C=O) groups excluding carboxylic acids is 1. The number of nitrogens with one attached hydrogen (secondary N) is 1. The SMILES string of the molecule is Cc1ccc(S(=O)(=O)N(CC(=O)NCc2ccc(CN3CCOCC3)cc2)c2cccc(C)c2C)cc1. The van der Waals surface area contributed by atoms with Crippen LogP contribution in [0.15, 0.2) is 71.6 Å². The van der Waals surface area contributed by atoms with Gasteiger partial charge in [0.15, 0.2) is 0 Å². The summed E-state index contributed by atoms with van der Waals surface area (Å²) in [5, 5.41) is 2.89. The van der Waals surface area contributed by atoms with Crippen LogP contribution in [-0.2, 0) is 32.6 Å². The van der Waals surface area contributed by atoms with Gasteiger partial charge >= 0.3 is 0 Å². The maximum absolute atomic E-state index is 13.7. The molecule has 0 aromatic heterocycles. The Labute approximate surface area is 220 Å². The molecule has 1 N–H and O–H groups in total. The topological polar surface area (TPSA) is 79.0 Å². The summed E-state index contributed by atoms with van der Waals surface area (Å²) in [4.78, 5) is 15.5. The van der Waals surface area contributed by atoms with E-state index in [4.69, 9.17) is 4.74 Å². The Hall–Kier alpha value is -3.20. The number of benzene rings is 3. The van der Waals surface area contributed by atoms with E-state index in [0.29, 0.717) is 12.2 Å². The first-order valence-corrected chi connectivity index (χ1v) is 14.0. The molecule has 0 unspecified atom stereocenters. The largest absolute Gasteiger partial charge is 0.379 e. The molecule has 1 heterocycles. The van der Waals surface area contributed by atoms with Crippen molar-refractivity contribution < 1.29 is 17.9 Å². The number of carbonyl (C=O) groups is 1. The van der Waals surface area contributed by atoms with E-state index in [9.17, 15) is 13.2 Å². The van der Waals surface area contributed by atoms with E-state index in [-0.39, 0.29) is 17.3 Å². The molecule has 0 spiro atoms. The number of morpholine rings is 1. The molecule has 4 rings (SSSR count). The van der Waals surface area contributed by atoms with Gasteiger partial charge in [0.25, 0.3) is 10.0 Å². The molecule has 0 radical (unpaired) electrons. The predicted octanol–water partition coefficient (Wildman–Crippen LogP) is 3.96. The fraction of sp³-hybridized carbons (Fsp3) is 0.345. The van der Waals surface area contributed by atoms with E-state index in [1.54, 1.807) is 30.3 Å². The summed E-state index contributed by atoms with van der Waals surface area (Å²) in [5.41, 5.74) is 5.41. The average molecular weight is 522 g/mol. The number of amides is 1. The highest BCUT2D eigenvalue weighted by Gasteiger charge is 2.28. The third-order valence-corrected chi connectivity index (χ3v) is 8.54. The first-order chi connectivity index (χ1) is 17.7. The van der Waals surface area contributed by atoms with Crippen molar-refractivity contribution in [1.82, 2.24) is 10.2 Å². The maximum Gasteiger partial charge on any atom is 0.264 e. The monoisotopic (exact) mass is 521 g/mol. The molecule has 1 saturated heterocycles. The lowest BCUT2D eigenvalue weighted by atomic mass is 10.1. The lowest BCUT2D eigenvalue weighted by Crippen LogP contribution is -2.41. The van der Waals surface area contributed by atoms with E-state index in [2.05, 4.69) is 22.3 Å². The molecule has 3 aromatic carbocycles. The molecule has 7 nitrogen and oxygen atoms in total. The molecule has 3 aromatic rings. The van der Waals surface area contributed by atoms with Gasteiger partial charge in [-0.3, -0.25) is 14.0 Å². The summed E-state index contributed by atoms with van der Waals surface area (Å²) in [6.45, 7) is 9.99. The number of ether oxygens (including phenoxy) is 1. The number of rotatable bonds is 9. The Kier molecular flexibility index (Phi) is 8.63. The Balaban J connectivity index is 1.46. The quantitative estimate of drug-likeness (QED) is 0.461. The van der Waals surface area contributed by atoms with Crippen molar-refractivity contribution in [1.29, 1.82) is 0 Å². The van der Waals surface area contributed by atoms with Gasteiger partial charge in [0.1, 0.15) is 6.54 Å². The second-order valence-corrected chi connectivity index (χ2v) is 11.4. The van der Waals surface area contributed by atoms with Gasteiger partial charge in [0.05, 0.1) is 23.8 Å². The van der Waals surface area contributed by atoms with E-state index in [1.165, 1.54) is 9.87 Å². The van der Waals surface area contributed by atoms with Crippen molar-refractivity contribution in [2.24, 2.45) is 0 Å². The molecule has 1 fully saturated rings. The lowest BCUT2D eigenvalue weighted by molar-refractivity contribution is -0.119. The molecule has 1 aliphatic rings. The van der Waals surface area contributed by atoms with Crippen molar-refractivity contribution >= 4 is 21.6 Å². The molecule has 0 saturated carbocycles. The van der Waals surface area contributed by atoms with Crippen molar-refractivity contribution in [3.05, 3.63) is 94.5 Å². The summed E-state index contributed by atoms with van der Waals surface area (Å²) in [5.74, 6) is -0.367. The van der Waals surface area contributed by atoms with Crippen molar-refractivity contribution in [3.63, 3.8) is 0 Å². The standard InChI is InChI=1S/C29H35N3O4S/c1-22-7-13-27(14-8-22)37(34,35)32(28-6-4-5-23(2)24(28)3)21-29(33)30-19-25-9-11-26(12-10-25)20-31-15-17-36-18-16-31/h4-14H,15-21H2,1-3H3,(H,30,33). The van der Waals surface area contributed by atoms with Crippen LogP contribution in [0.2, 0.25) is 0 Å². The van der Waals surface area contributed by atoms with Gasteiger partial charge < -0.3 is 10.1 Å². The molecule has 0 atom stereocenters. The van der Waals surface area contributed by atoms with Gasteiger partial charge in [0, 0.05) is 26.2 Å². The van der Waals surface area contributed by atoms with E-state index >= 15 is 0 Å². The zero-order valence-corrected chi connectivity index (χ0v) is 22.6. The minimum Gasteiger partial charge on any atom is -0.379 e. The molecule has 1 aliphatic heterocycles. The Morgan fingerprint density at radius 3 is 2.24 bits per heavy atom. The number of anilines is 1. The molecular formula is C29H35N3O4S. The Morgan fingerprint density at radius 2 is 1.57 bits per heavy atom. The van der Waals surface area contributed by atoms with Gasteiger partial charge in [-0.2, -0.15) is 0 Å².